The lowest BCUT2D eigenvalue weighted by molar-refractivity contribution is -0.149. The van der Waals surface area contributed by atoms with Gasteiger partial charge in [-0.2, -0.15) is 11.8 Å². The van der Waals surface area contributed by atoms with Gasteiger partial charge in [0.1, 0.15) is 5.41 Å². The maximum absolute atomic E-state index is 11.5. The summed E-state index contributed by atoms with van der Waals surface area (Å²) in [5.41, 5.74) is -1.09. The van der Waals surface area contributed by atoms with E-state index in [0.29, 0.717) is 19.4 Å². The van der Waals surface area contributed by atoms with Gasteiger partial charge < -0.3 is 10.4 Å². The van der Waals surface area contributed by atoms with Crippen LogP contribution < -0.4 is 5.32 Å². The van der Waals surface area contributed by atoms with Crippen molar-refractivity contribution in [1.29, 1.82) is 0 Å². The van der Waals surface area contributed by atoms with Gasteiger partial charge in [0.2, 0.25) is 5.91 Å². The summed E-state index contributed by atoms with van der Waals surface area (Å²) in [6.07, 6.45) is 1.87. The summed E-state index contributed by atoms with van der Waals surface area (Å²) in [7, 11) is 0. The van der Waals surface area contributed by atoms with Crippen LogP contribution >= 0.6 is 11.8 Å². The van der Waals surface area contributed by atoms with E-state index in [1.165, 1.54) is 0 Å². The van der Waals surface area contributed by atoms with E-state index >= 15 is 0 Å². The van der Waals surface area contributed by atoms with Crippen LogP contribution in [-0.4, -0.2) is 35.0 Å². The molecule has 86 valence electrons. The normalized spacial score (nSPS) is 17.1. The van der Waals surface area contributed by atoms with E-state index in [4.69, 9.17) is 5.11 Å². The number of amides is 1. The van der Waals surface area contributed by atoms with Crippen molar-refractivity contribution in [2.24, 2.45) is 5.41 Å². The Kier molecular flexibility index (Phi) is 4.45. The third-order valence-electron chi connectivity index (χ3n) is 2.55. The fourth-order valence-corrected chi connectivity index (χ4v) is 1.99. The molecule has 1 aliphatic carbocycles. The summed E-state index contributed by atoms with van der Waals surface area (Å²) in [5, 5.41) is 11.5. The molecule has 0 aliphatic heterocycles. The van der Waals surface area contributed by atoms with E-state index in [1.807, 2.05) is 11.8 Å². The molecule has 0 aromatic heterocycles. The minimum atomic E-state index is -1.09. The second-order valence-electron chi connectivity index (χ2n) is 3.69. The highest BCUT2D eigenvalue weighted by molar-refractivity contribution is 7.99. The lowest BCUT2D eigenvalue weighted by Crippen LogP contribution is -2.37. The first-order valence-corrected chi connectivity index (χ1v) is 6.38. The Balaban J connectivity index is 2.17. The molecule has 1 rings (SSSR count). The molecular formula is C10H17NO3S. The van der Waals surface area contributed by atoms with Gasteiger partial charge in [-0.25, -0.2) is 0 Å². The van der Waals surface area contributed by atoms with Crippen molar-refractivity contribution in [3.05, 3.63) is 0 Å². The van der Waals surface area contributed by atoms with Gasteiger partial charge in [-0.3, -0.25) is 9.59 Å². The third kappa shape index (κ3) is 3.12. The maximum Gasteiger partial charge on any atom is 0.319 e. The van der Waals surface area contributed by atoms with E-state index < -0.39 is 11.4 Å². The summed E-state index contributed by atoms with van der Waals surface area (Å²) < 4.78 is 0. The summed E-state index contributed by atoms with van der Waals surface area (Å²) in [6, 6.07) is 0. The zero-order valence-corrected chi connectivity index (χ0v) is 9.73. The molecule has 1 fully saturated rings. The van der Waals surface area contributed by atoms with Crippen LogP contribution in [0.3, 0.4) is 0 Å². The summed E-state index contributed by atoms with van der Waals surface area (Å²) >= 11 is 1.82. The number of carboxylic acid groups (broad SMARTS) is 1. The molecule has 0 saturated heterocycles. The van der Waals surface area contributed by atoms with Crippen LogP contribution in [0.1, 0.15) is 26.2 Å². The second kappa shape index (κ2) is 5.39. The molecular weight excluding hydrogens is 214 g/mol. The first-order valence-electron chi connectivity index (χ1n) is 5.23. The van der Waals surface area contributed by atoms with Crippen molar-refractivity contribution in [2.45, 2.75) is 26.2 Å². The molecule has 0 radical (unpaired) electrons. The number of nitrogens with one attached hydrogen (secondary N) is 1. The Hall–Kier alpha value is -0.710. The van der Waals surface area contributed by atoms with Gasteiger partial charge in [0.25, 0.3) is 0 Å². The van der Waals surface area contributed by atoms with Gasteiger partial charge in [-0.1, -0.05) is 6.92 Å². The van der Waals surface area contributed by atoms with Crippen LogP contribution in [0.5, 0.6) is 0 Å². The number of carbonyl (C=O) groups excluding carboxylic acids is 1. The van der Waals surface area contributed by atoms with Crippen molar-refractivity contribution < 1.29 is 14.7 Å². The fourth-order valence-electron chi connectivity index (χ4n) is 1.35. The second-order valence-corrected chi connectivity index (χ2v) is 5.09. The standard InChI is InChI=1S/C10H17NO3S/c1-2-15-7-3-6-11-8(12)10(4-5-10)9(13)14/h2-7H2,1H3,(H,11,12)(H,13,14). The van der Waals surface area contributed by atoms with Crippen LogP contribution in [0, 0.1) is 5.41 Å². The molecule has 1 aliphatic rings. The highest BCUT2D eigenvalue weighted by atomic mass is 32.2. The van der Waals surface area contributed by atoms with Crippen molar-refractivity contribution in [2.75, 3.05) is 18.1 Å². The van der Waals surface area contributed by atoms with E-state index in [-0.39, 0.29) is 5.91 Å². The maximum atomic E-state index is 11.5. The van der Waals surface area contributed by atoms with E-state index in [0.717, 1.165) is 17.9 Å². The molecule has 4 nitrogen and oxygen atoms in total. The van der Waals surface area contributed by atoms with Crippen molar-refractivity contribution in [3.63, 3.8) is 0 Å². The summed E-state index contributed by atoms with van der Waals surface area (Å²) in [6.45, 7) is 2.67. The van der Waals surface area contributed by atoms with Crippen molar-refractivity contribution >= 4 is 23.6 Å². The number of aliphatic carboxylic acids is 1. The van der Waals surface area contributed by atoms with Crippen molar-refractivity contribution in [3.8, 4) is 0 Å². The van der Waals surface area contributed by atoms with E-state index in [2.05, 4.69) is 12.2 Å². The van der Waals surface area contributed by atoms with Crippen LogP contribution in [0.2, 0.25) is 0 Å². The van der Waals surface area contributed by atoms with Gasteiger partial charge >= 0.3 is 5.97 Å². The lowest BCUT2D eigenvalue weighted by atomic mass is 10.1. The fraction of sp³-hybridized carbons (Fsp3) is 0.800. The molecule has 1 amide bonds. The Bertz CT molecular complexity index is 251. The topological polar surface area (TPSA) is 66.4 Å². The Morgan fingerprint density at radius 3 is 2.60 bits per heavy atom. The molecule has 0 aromatic rings. The predicted octanol–water partition coefficient (Wildman–Crippen LogP) is 1.11. The van der Waals surface area contributed by atoms with Gasteiger partial charge in [0.05, 0.1) is 0 Å². The van der Waals surface area contributed by atoms with Gasteiger partial charge in [0, 0.05) is 6.54 Å². The SMILES string of the molecule is CCSCCCNC(=O)C1(C(=O)O)CC1. The van der Waals surface area contributed by atoms with Crippen LogP contribution in [-0.2, 0) is 9.59 Å². The Morgan fingerprint density at radius 1 is 1.47 bits per heavy atom. The highest BCUT2D eigenvalue weighted by Crippen LogP contribution is 2.45. The Labute approximate surface area is 93.8 Å². The Morgan fingerprint density at radius 2 is 2.13 bits per heavy atom. The average molecular weight is 231 g/mol. The molecule has 5 heteroatoms. The smallest absolute Gasteiger partial charge is 0.319 e. The van der Waals surface area contributed by atoms with Gasteiger partial charge in [0.15, 0.2) is 0 Å². The molecule has 0 bridgehead atoms. The average Bonchev–Trinajstić information content (AvgIpc) is 2.97. The van der Waals surface area contributed by atoms with E-state index in [1.54, 1.807) is 0 Å². The number of rotatable bonds is 7. The van der Waals surface area contributed by atoms with Gasteiger partial charge in [-0.05, 0) is 30.8 Å². The molecule has 0 aromatic carbocycles. The molecule has 0 unspecified atom stereocenters. The number of thioether (sulfide) groups is 1. The van der Waals surface area contributed by atoms with Crippen molar-refractivity contribution in [1.82, 2.24) is 5.32 Å². The number of carboxylic acids is 1. The zero-order chi connectivity index (χ0) is 11.3. The molecule has 1 saturated carbocycles. The number of hydrogen-bond donors (Lipinski definition) is 2. The van der Waals surface area contributed by atoms with Gasteiger partial charge in [-0.15, -0.1) is 0 Å². The van der Waals surface area contributed by atoms with Crippen LogP contribution in [0.15, 0.2) is 0 Å². The van der Waals surface area contributed by atoms with Crippen LogP contribution in [0.4, 0.5) is 0 Å². The monoisotopic (exact) mass is 231 g/mol. The molecule has 0 spiro atoms. The first-order chi connectivity index (χ1) is 7.13. The molecule has 0 atom stereocenters. The quantitative estimate of drug-likeness (QED) is 0.509. The molecule has 15 heavy (non-hydrogen) atoms. The minimum Gasteiger partial charge on any atom is -0.480 e. The van der Waals surface area contributed by atoms with Crippen LogP contribution in [0.25, 0.3) is 0 Å². The largest absolute Gasteiger partial charge is 0.480 e. The van der Waals surface area contributed by atoms with E-state index in [9.17, 15) is 9.59 Å². The third-order valence-corrected chi connectivity index (χ3v) is 3.53. The summed E-state index contributed by atoms with van der Waals surface area (Å²) in [5.74, 6) is 0.795. The minimum absolute atomic E-state index is 0.309. The number of hydrogen-bond acceptors (Lipinski definition) is 3. The number of carbonyl (C=O) groups is 2. The lowest BCUT2D eigenvalue weighted by Gasteiger charge is -2.10. The summed E-state index contributed by atoms with van der Waals surface area (Å²) in [4.78, 5) is 22.3. The predicted molar refractivity (Wildman–Crippen MR) is 59.9 cm³/mol. The first kappa shape index (κ1) is 12.4. The highest BCUT2D eigenvalue weighted by Gasteiger charge is 2.56. The molecule has 0 heterocycles. The molecule has 2 N–H and O–H groups in total. The zero-order valence-electron chi connectivity index (χ0n) is 8.91.